The number of halogens is 1. The lowest BCUT2D eigenvalue weighted by Crippen LogP contribution is -2.18. The first kappa shape index (κ1) is 14.5. The number of rotatable bonds is 5. The van der Waals surface area contributed by atoms with E-state index in [2.05, 4.69) is 10.3 Å². The van der Waals surface area contributed by atoms with Crippen molar-refractivity contribution >= 4 is 0 Å². The molecule has 2 rings (SSSR count). The van der Waals surface area contributed by atoms with E-state index in [-0.39, 0.29) is 11.9 Å². The van der Waals surface area contributed by atoms with Gasteiger partial charge in [-0.05, 0) is 38.1 Å². The van der Waals surface area contributed by atoms with Crippen LogP contribution in [0, 0.1) is 12.7 Å². The van der Waals surface area contributed by atoms with Crippen LogP contribution < -0.4 is 10.1 Å². The molecule has 0 radical (unpaired) electrons. The lowest BCUT2D eigenvalue weighted by Gasteiger charge is -2.16. The van der Waals surface area contributed by atoms with Gasteiger partial charge in [-0.25, -0.2) is 9.37 Å². The molecule has 1 N–H and O–H groups in total. The van der Waals surface area contributed by atoms with Gasteiger partial charge < -0.3 is 10.1 Å². The van der Waals surface area contributed by atoms with E-state index in [1.807, 2.05) is 26.0 Å². The molecule has 2 aromatic rings. The van der Waals surface area contributed by atoms with Gasteiger partial charge in [0.1, 0.15) is 11.6 Å². The molecule has 0 saturated carbocycles. The fourth-order valence-electron chi connectivity index (χ4n) is 1.98. The number of pyridine rings is 1. The first-order valence-corrected chi connectivity index (χ1v) is 6.74. The summed E-state index contributed by atoms with van der Waals surface area (Å²) in [5.74, 6) is 0.681. The molecule has 0 aliphatic carbocycles. The number of nitrogens with zero attached hydrogens (tertiary/aromatic N) is 1. The maximum Gasteiger partial charge on any atom is 0.223 e. The van der Waals surface area contributed by atoms with Crippen molar-refractivity contribution in [2.45, 2.75) is 26.8 Å². The standard InChI is InChI=1S/C16H19FN2O/c1-4-18-12(3)14-6-5-9-19-16(14)20-13-8-7-11(2)15(17)10-13/h5-10,12,18H,4H2,1-3H3. The highest BCUT2D eigenvalue weighted by Crippen LogP contribution is 2.28. The molecule has 0 saturated heterocycles. The highest BCUT2D eigenvalue weighted by atomic mass is 19.1. The SMILES string of the molecule is CCNC(C)c1cccnc1Oc1ccc(C)c(F)c1. The molecule has 1 aromatic carbocycles. The lowest BCUT2D eigenvalue weighted by atomic mass is 10.1. The summed E-state index contributed by atoms with van der Waals surface area (Å²) in [4.78, 5) is 4.24. The van der Waals surface area contributed by atoms with Crippen LogP contribution in [0.15, 0.2) is 36.5 Å². The zero-order chi connectivity index (χ0) is 14.5. The third-order valence-corrected chi connectivity index (χ3v) is 3.14. The Morgan fingerprint density at radius 1 is 1.35 bits per heavy atom. The first-order valence-electron chi connectivity index (χ1n) is 6.74. The van der Waals surface area contributed by atoms with Crippen LogP contribution in [-0.4, -0.2) is 11.5 Å². The van der Waals surface area contributed by atoms with Gasteiger partial charge in [-0.2, -0.15) is 0 Å². The summed E-state index contributed by atoms with van der Waals surface area (Å²) in [5.41, 5.74) is 1.55. The van der Waals surface area contributed by atoms with E-state index in [1.165, 1.54) is 6.07 Å². The first-order chi connectivity index (χ1) is 9.61. The molecule has 1 heterocycles. The summed E-state index contributed by atoms with van der Waals surface area (Å²) < 4.78 is 19.3. The summed E-state index contributed by atoms with van der Waals surface area (Å²) in [7, 11) is 0. The van der Waals surface area contributed by atoms with Crippen molar-refractivity contribution < 1.29 is 9.13 Å². The van der Waals surface area contributed by atoms with Crippen LogP contribution in [0.3, 0.4) is 0 Å². The predicted molar refractivity (Wildman–Crippen MR) is 77.5 cm³/mol. The van der Waals surface area contributed by atoms with Crippen molar-refractivity contribution in [3.63, 3.8) is 0 Å². The second-order valence-electron chi connectivity index (χ2n) is 4.69. The smallest absolute Gasteiger partial charge is 0.223 e. The van der Waals surface area contributed by atoms with Crippen LogP contribution in [0.25, 0.3) is 0 Å². The number of aryl methyl sites for hydroxylation is 1. The van der Waals surface area contributed by atoms with Gasteiger partial charge in [-0.1, -0.05) is 19.1 Å². The van der Waals surface area contributed by atoms with E-state index in [0.717, 1.165) is 12.1 Å². The number of hydrogen-bond acceptors (Lipinski definition) is 3. The Hall–Kier alpha value is -1.94. The molecule has 1 unspecified atom stereocenters. The van der Waals surface area contributed by atoms with Gasteiger partial charge >= 0.3 is 0 Å². The van der Waals surface area contributed by atoms with Crippen molar-refractivity contribution in [2.24, 2.45) is 0 Å². The fraction of sp³-hybridized carbons (Fsp3) is 0.312. The van der Waals surface area contributed by atoms with Crippen molar-refractivity contribution in [2.75, 3.05) is 6.54 Å². The zero-order valence-electron chi connectivity index (χ0n) is 12.0. The fourth-order valence-corrected chi connectivity index (χ4v) is 1.98. The Kier molecular flexibility index (Phi) is 4.69. The highest BCUT2D eigenvalue weighted by Gasteiger charge is 2.12. The van der Waals surface area contributed by atoms with Crippen molar-refractivity contribution in [1.29, 1.82) is 0 Å². The van der Waals surface area contributed by atoms with Gasteiger partial charge in [0.15, 0.2) is 0 Å². The number of ether oxygens (including phenoxy) is 1. The molecule has 3 nitrogen and oxygen atoms in total. The van der Waals surface area contributed by atoms with Gasteiger partial charge in [-0.15, -0.1) is 0 Å². The van der Waals surface area contributed by atoms with E-state index in [9.17, 15) is 4.39 Å². The van der Waals surface area contributed by atoms with Crippen molar-refractivity contribution in [3.05, 3.63) is 53.5 Å². The Bertz CT molecular complexity index is 586. The number of nitrogens with one attached hydrogen (secondary N) is 1. The number of hydrogen-bond donors (Lipinski definition) is 1. The number of benzene rings is 1. The molecule has 0 aliphatic heterocycles. The zero-order valence-corrected chi connectivity index (χ0v) is 12.0. The molecule has 4 heteroatoms. The van der Waals surface area contributed by atoms with Crippen LogP contribution in [0.4, 0.5) is 4.39 Å². The third-order valence-electron chi connectivity index (χ3n) is 3.14. The monoisotopic (exact) mass is 274 g/mol. The number of aromatic nitrogens is 1. The molecular weight excluding hydrogens is 255 g/mol. The molecule has 0 fully saturated rings. The molecule has 0 spiro atoms. The minimum Gasteiger partial charge on any atom is -0.439 e. The molecule has 0 amide bonds. The molecule has 0 aliphatic rings. The van der Waals surface area contributed by atoms with E-state index in [0.29, 0.717) is 17.2 Å². The second-order valence-corrected chi connectivity index (χ2v) is 4.69. The Morgan fingerprint density at radius 2 is 2.15 bits per heavy atom. The topological polar surface area (TPSA) is 34.2 Å². The maximum absolute atomic E-state index is 13.5. The second kappa shape index (κ2) is 6.48. The van der Waals surface area contributed by atoms with E-state index < -0.39 is 0 Å². The van der Waals surface area contributed by atoms with Gasteiger partial charge in [-0.3, -0.25) is 0 Å². The molecule has 20 heavy (non-hydrogen) atoms. The van der Waals surface area contributed by atoms with E-state index in [1.54, 1.807) is 25.3 Å². The summed E-state index contributed by atoms with van der Waals surface area (Å²) in [6.45, 7) is 6.67. The van der Waals surface area contributed by atoms with Gasteiger partial charge in [0.05, 0.1) is 0 Å². The molecular formula is C16H19FN2O. The van der Waals surface area contributed by atoms with Gasteiger partial charge in [0.2, 0.25) is 5.88 Å². The molecule has 0 bridgehead atoms. The van der Waals surface area contributed by atoms with Gasteiger partial charge in [0, 0.05) is 23.9 Å². The van der Waals surface area contributed by atoms with E-state index >= 15 is 0 Å². The summed E-state index contributed by atoms with van der Waals surface area (Å²) in [5, 5.41) is 3.31. The van der Waals surface area contributed by atoms with Crippen molar-refractivity contribution in [3.8, 4) is 11.6 Å². The van der Waals surface area contributed by atoms with Gasteiger partial charge in [0.25, 0.3) is 0 Å². The average Bonchev–Trinajstić information content (AvgIpc) is 2.44. The summed E-state index contributed by atoms with van der Waals surface area (Å²) in [6.07, 6.45) is 1.67. The minimum atomic E-state index is -0.278. The molecule has 106 valence electrons. The quantitative estimate of drug-likeness (QED) is 0.895. The largest absolute Gasteiger partial charge is 0.439 e. The summed E-state index contributed by atoms with van der Waals surface area (Å²) in [6, 6.07) is 8.77. The maximum atomic E-state index is 13.5. The van der Waals surface area contributed by atoms with E-state index in [4.69, 9.17) is 4.74 Å². The van der Waals surface area contributed by atoms with Crippen LogP contribution in [-0.2, 0) is 0 Å². The third kappa shape index (κ3) is 3.33. The normalized spacial score (nSPS) is 12.2. The van der Waals surface area contributed by atoms with Crippen LogP contribution >= 0.6 is 0 Å². The predicted octanol–water partition coefficient (Wildman–Crippen LogP) is 3.99. The highest BCUT2D eigenvalue weighted by molar-refractivity contribution is 5.35. The van der Waals surface area contributed by atoms with Crippen LogP contribution in [0.1, 0.15) is 31.0 Å². The van der Waals surface area contributed by atoms with Crippen LogP contribution in [0.2, 0.25) is 0 Å². The Labute approximate surface area is 118 Å². The average molecular weight is 274 g/mol. The summed E-state index contributed by atoms with van der Waals surface area (Å²) >= 11 is 0. The minimum absolute atomic E-state index is 0.124. The Balaban J connectivity index is 2.26. The van der Waals surface area contributed by atoms with Crippen LogP contribution in [0.5, 0.6) is 11.6 Å². The Morgan fingerprint density at radius 3 is 2.85 bits per heavy atom. The molecule has 1 atom stereocenters. The molecule has 1 aromatic heterocycles. The lowest BCUT2D eigenvalue weighted by molar-refractivity contribution is 0.440. The van der Waals surface area contributed by atoms with Crippen molar-refractivity contribution in [1.82, 2.24) is 10.3 Å².